The lowest BCUT2D eigenvalue weighted by Gasteiger charge is -2.23. The average Bonchev–Trinajstić information content (AvgIpc) is 2.79. The number of sulfonamides is 1. The summed E-state index contributed by atoms with van der Waals surface area (Å²) >= 11 is 0. The summed E-state index contributed by atoms with van der Waals surface area (Å²) in [5, 5.41) is 2.74. The van der Waals surface area contributed by atoms with E-state index in [2.05, 4.69) is 11.9 Å². The number of anilines is 1. The highest BCUT2D eigenvalue weighted by molar-refractivity contribution is 7.89. The lowest BCUT2D eigenvalue weighted by atomic mass is 10.1. The zero-order valence-electron chi connectivity index (χ0n) is 17.4. The number of nitrogens with one attached hydrogen (secondary N) is 1. The zero-order chi connectivity index (χ0) is 24.1. The predicted octanol–water partition coefficient (Wildman–Crippen LogP) is 5.33. The van der Waals surface area contributed by atoms with Gasteiger partial charge in [0, 0.05) is 24.3 Å². The normalized spacial score (nSPS) is 11.9. The summed E-state index contributed by atoms with van der Waals surface area (Å²) in [6.07, 6.45) is -3.52. The van der Waals surface area contributed by atoms with Gasteiger partial charge in [0.1, 0.15) is 0 Å². The van der Waals surface area contributed by atoms with Crippen LogP contribution in [-0.4, -0.2) is 25.2 Å². The van der Waals surface area contributed by atoms with Gasteiger partial charge in [-0.3, -0.25) is 4.79 Å². The highest BCUT2D eigenvalue weighted by Gasteiger charge is 2.38. The van der Waals surface area contributed by atoms with Crippen molar-refractivity contribution in [1.29, 1.82) is 0 Å². The molecule has 0 saturated carbocycles. The van der Waals surface area contributed by atoms with Gasteiger partial charge in [0.2, 0.25) is 10.0 Å². The Kier molecular flexibility index (Phi) is 7.35. The Morgan fingerprint density at radius 1 is 0.939 bits per heavy atom. The average molecular weight is 475 g/mol. The standard InChI is InChI=1S/C24H21F3N2O3S/c1-2-16-29(33(31,32)22-11-7-6-10-21(22)24(25,26)27)17-18-12-14-19(15-13-18)23(30)28-20-8-4-3-5-9-20/h2-15H,1,16-17H2,(H,28,30). The second kappa shape index (κ2) is 10.0. The number of hydrogen-bond donors (Lipinski definition) is 1. The number of alkyl halides is 3. The first kappa shape index (κ1) is 24.2. The number of halogens is 3. The van der Waals surface area contributed by atoms with Crippen molar-refractivity contribution in [2.24, 2.45) is 0 Å². The molecule has 0 unspecified atom stereocenters. The van der Waals surface area contributed by atoms with E-state index in [1.54, 1.807) is 36.4 Å². The third-order valence-corrected chi connectivity index (χ3v) is 6.62. The minimum Gasteiger partial charge on any atom is -0.322 e. The van der Waals surface area contributed by atoms with E-state index in [-0.39, 0.29) is 19.0 Å². The third-order valence-electron chi connectivity index (χ3n) is 4.75. The van der Waals surface area contributed by atoms with Gasteiger partial charge in [-0.25, -0.2) is 8.42 Å². The second-order valence-corrected chi connectivity index (χ2v) is 9.00. The molecule has 0 atom stereocenters. The fraction of sp³-hybridized carbons (Fsp3) is 0.125. The topological polar surface area (TPSA) is 66.5 Å². The Labute approximate surface area is 190 Å². The van der Waals surface area contributed by atoms with Gasteiger partial charge in [-0.1, -0.05) is 48.5 Å². The molecule has 3 rings (SSSR count). The molecule has 5 nitrogen and oxygen atoms in total. The monoisotopic (exact) mass is 474 g/mol. The van der Waals surface area contributed by atoms with Gasteiger partial charge >= 0.3 is 6.18 Å². The van der Waals surface area contributed by atoms with Gasteiger partial charge in [0.15, 0.2) is 0 Å². The van der Waals surface area contributed by atoms with Gasteiger partial charge < -0.3 is 5.32 Å². The van der Waals surface area contributed by atoms with Crippen LogP contribution < -0.4 is 5.32 Å². The van der Waals surface area contributed by atoms with E-state index < -0.39 is 26.7 Å². The quantitative estimate of drug-likeness (QED) is 0.449. The van der Waals surface area contributed by atoms with E-state index in [0.29, 0.717) is 16.8 Å². The van der Waals surface area contributed by atoms with Crippen molar-refractivity contribution in [3.63, 3.8) is 0 Å². The summed E-state index contributed by atoms with van der Waals surface area (Å²) in [7, 11) is -4.48. The van der Waals surface area contributed by atoms with Crippen LogP contribution in [0.2, 0.25) is 0 Å². The molecular weight excluding hydrogens is 453 g/mol. The van der Waals surface area contributed by atoms with Crippen LogP contribution >= 0.6 is 0 Å². The fourth-order valence-corrected chi connectivity index (χ4v) is 4.76. The molecule has 0 saturated heterocycles. The SMILES string of the molecule is C=CCN(Cc1ccc(C(=O)Nc2ccccc2)cc1)S(=O)(=O)c1ccccc1C(F)(F)F. The fourth-order valence-electron chi connectivity index (χ4n) is 3.15. The molecule has 0 fully saturated rings. The van der Waals surface area contributed by atoms with Crippen molar-refractivity contribution in [3.8, 4) is 0 Å². The Morgan fingerprint density at radius 2 is 1.55 bits per heavy atom. The van der Waals surface area contributed by atoms with Gasteiger partial charge in [-0.15, -0.1) is 6.58 Å². The molecule has 3 aromatic rings. The van der Waals surface area contributed by atoms with Gasteiger partial charge in [-0.05, 0) is 42.0 Å². The highest BCUT2D eigenvalue weighted by atomic mass is 32.2. The van der Waals surface area contributed by atoms with Crippen molar-refractivity contribution in [3.05, 3.63) is 108 Å². The number of rotatable bonds is 8. The molecule has 33 heavy (non-hydrogen) atoms. The van der Waals surface area contributed by atoms with E-state index in [4.69, 9.17) is 0 Å². The van der Waals surface area contributed by atoms with Crippen molar-refractivity contribution < 1.29 is 26.4 Å². The summed E-state index contributed by atoms with van der Waals surface area (Å²) in [6, 6.07) is 19.1. The molecule has 1 N–H and O–H groups in total. The molecule has 0 spiro atoms. The minimum atomic E-state index is -4.82. The Bertz CT molecular complexity index is 1230. The van der Waals surface area contributed by atoms with Crippen LogP contribution in [-0.2, 0) is 22.7 Å². The molecule has 0 aliphatic rings. The smallest absolute Gasteiger partial charge is 0.322 e. The molecule has 0 aliphatic carbocycles. The molecule has 0 aromatic heterocycles. The van der Waals surface area contributed by atoms with Crippen LogP contribution in [0.4, 0.5) is 18.9 Å². The number of nitrogens with zero attached hydrogens (tertiary/aromatic N) is 1. The van der Waals surface area contributed by atoms with Crippen LogP contribution in [0, 0.1) is 0 Å². The molecule has 0 heterocycles. The molecule has 0 radical (unpaired) electrons. The van der Waals surface area contributed by atoms with Crippen LogP contribution in [0.1, 0.15) is 21.5 Å². The summed E-state index contributed by atoms with van der Waals surface area (Å²) < 4.78 is 67.3. The van der Waals surface area contributed by atoms with Gasteiger partial charge in [0.25, 0.3) is 5.91 Å². The molecule has 1 amide bonds. The van der Waals surface area contributed by atoms with Crippen LogP contribution in [0.5, 0.6) is 0 Å². The number of carbonyl (C=O) groups is 1. The van der Waals surface area contributed by atoms with E-state index in [1.165, 1.54) is 24.3 Å². The van der Waals surface area contributed by atoms with E-state index in [1.807, 2.05) is 6.07 Å². The molecule has 3 aromatic carbocycles. The number of carbonyl (C=O) groups excluding carboxylic acids is 1. The van der Waals surface area contributed by atoms with Gasteiger partial charge in [0.05, 0.1) is 10.5 Å². The largest absolute Gasteiger partial charge is 0.417 e. The first-order valence-corrected chi connectivity index (χ1v) is 11.3. The minimum absolute atomic E-state index is 0.190. The second-order valence-electron chi connectivity index (χ2n) is 7.10. The lowest BCUT2D eigenvalue weighted by molar-refractivity contribution is -0.139. The summed E-state index contributed by atoms with van der Waals surface area (Å²) in [5.41, 5.74) is 0.245. The Balaban J connectivity index is 1.83. The predicted molar refractivity (Wildman–Crippen MR) is 120 cm³/mol. The lowest BCUT2D eigenvalue weighted by Crippen LogP contribution is -2.32. The number of para-hydroxylation sites is 1. The first-order valence-electron chi connectivity index (χ1n) is 9.85. The Morgan fingerprint density at radius 3 is 2.15 bits per heavy atom. The summed E-state index contributed by atoms with van der Waals surface area (Å²) in [6.45, 7) is 3.13. The maximum Gasteiger partial charge on any atom is 0.417 e. The van der Waals surface area contributed by atoms with E-state index in [0.717, 1.165) is 22.5 Å². The summed E-state index contributed by atoms with van der Waals surface area (Å²) in [5.74, 6) is -0.345. The highest BCUT2D eigenvalue weighted by Crippen LogP contribution is 2.35. The van der Waals surface area contributed by atoms with Crippen LogP contribution in [0.15, 0.2) is 96.4 Å². The van der Waals surface area contributed by atoms with Crippen molar-refractivity contribution in [1.82, 2.24) is 4.31 Å². The summed E-state index contributed by atoms with van der Waals surface area (Å²) in [4.78, 5) is 11.6. The molecular formula is C24H21F3N2O3S. The molecule has 9 heteroatoms. The zero-order valence-corrected chi connectivity index (χ0v) is 18.2. The molecule has 0 bridgehead atoms. The third kappa shape index (κ3) is 5.88. The van der Waals surface area contributed by atoms with Crippen molar-refractivity contribution in [2.45, 2.75) is 17.6 Å². The molecule has 172 valence electrons. The molecule has 0 aliphatic heterocycles. The van der Waals surface area contributed by atoms with Crippen molar-refractivity contribution >= 4 is 21.6 Å². The van der Waals surface area contributed by atoms with Crippen LogP contribution in [0.3, 0.4) is 0 Å². The van der Waals surface area contributed by atoms with E-state index >= 15 is 0 Å². The van der Waals surface area contributed by atoms with Crippen molar-refractivity contribution in [2.75, 3.05) is 11.9 Å². The van der Waals surface area contributed by atoms with Crippen LogP contribution in [0.25, 0.3) is 0 Å². The maximum absolute atomic E-state index is 13.4. The first-order chi connectivity index (χ1) is 15.6. The number of hydrogen-bond acceptors (Lipinski definition) is 3. The number of amides is 1. The van der Waals surface area contributed by atoms with Gasteiger partial charge in [-0.2, -0.15) is 17.5 Å². The number of benzene rings is 3. The Hall–Kier alpha value is -3.43. The maximum atomic E-state index is 13.4. The van der Waals surface area contributed by atoms with E-state index in [9.17, 15) is 26.4 Å².